The second-order valence-electron chi connectivity index (χ2n) is 5.66. The molecule has 1 fully saturated rings. The summed E-state index contributed by atoms with van der Waals surface area (Å²) in [6.45, 7) is 1.26. The second kappa shape index (κ2) is 6.14. The quantitative estimate of drug-likeness (QED) is 0.896. The summed E-state index contributed by atoms with van der Waals surface area (Å²) in [6.07, 6.45) is -1.57. The fourth-order valence-electron chi connectivity index (χ4n) is 2.51. The summed E-state index contributed by atoms with van der Waals surface area (Å²) in [4.78, 5) is 1.99. The highest BCUT2D eigenvalue weighted by Gasteiger charge is 2.31. The summed E-state index contributed by atoms with van der Waals surface area (Å²) in [5, 5.41) is 10.1. The van der Waals surface area contributed by atoms with Crippen molar-refractivity contribution >= 4 is 0 Å². The van der Waals surface area contributed by atoms with Gasteiger partial charge in [0.15, 0.2) is 0 Å². The van der Waals surface area contributed by atoms with Gasteiger partial charge >= 0.3 is 6.18 Å². The van der Waals surface area contributed by atoms with Gasteiger partial charge in [0.2, 0.25) is 0 Å². The molecule has 2 rings (SSSR count). The molecule has 1 aromatic rings. The third kappa shape index (κ3) is 3.96. The van der Waals surface area contributed by atoms with Gasteiger partial charge in [-0.2, -0.15) is 13.2 Å². The van der Waals surface area contributed by atoms with Crippen molar-refractivity contribution in [3.63, 3.8) is 0 Å². The zero-order chi connectivity index (χ0) is 14.8. The molecule has 1 aliphatic rings. The summed E-state index contributed by atoms with van der Waals surface area (Å²) in [6, 6.07) is 4.93. The molecule has 5 heteroatoms. The van der Waals surface area contributed by atoms with Gasteiger partial charge in [-0.1, -0.05) is 18.6 Å². The van der Waals surface area contributed by atoms with Crippen LogP contribution in [0.4, 0.5) is 13.2 Å². The van der Waals surface area contributed by atoms with E-state index >= 15 is 0 Å². The molecule has 1 atom stereocenters. The van der Waals surface area contributed by atoms with E-state index in [9.17, 15) is 18.3 Å². The lowest BCUT2D eigenvalue weighted by atomic mass is 9.85. The Morgan fingerprint density at radius 1 is 1.35 bits per heavy atom. The van der Waals surface area contributed by atoms with E-state index in [2.05, 4.69) is 0 Å². The van der Waals surface area contributed by atoms with Crippen LogP contribution >= 0.6 is 0 Å². The van der Waals surface area contributed by atoms with Crippen molar-refractivity contribution < 1.29 is 18.3 Å². The number of alkyl halides is 3. The Morgan fingerprint density at radius 2 is 2.05 bits per heavy atom. The zero-order valence-electron chi connectivity index (χ0n) is 11.5. The van der Waals surface area contributed by atoms with E-state index in [-0.39, 0.29) is 0 Å². The second-order valence-corrected chi connectivity index (χ2v) is 5.66. The highest BCUT2D eigenvalue weighted by Crippen LogP contribution is 2.31. The van der Waals surface area contributed by atoms with Crippen LogP contribution in [-0.4, -0.2) is 30.1 Å². The van der Waals surface area contributed by atoms with E-state index in [4.69, 9.17) is 0 Å². The summed E-state index contributed by atoms with van der Waals surface area (Å²) < 4.78 is 37.9. The number of halogens is 3. The normalized spacial score (nSPS) is 18.1. The minimum Gasteiger partial charge on any atom is -0.387 e. The van der Waals surface area contributed by atoms with E-state index in [1.807, 2.05) is 11.9 Å². The van der Waals surface area contributed by atoms with Gasteiger partial charge in [0.05, 0.1) is 11.7 Å². The minimum absolute atomic E-state index is 0.320. The highest BCUT2D eigenvalue weighted by atomic mass is 19.4. The molecule has 0 amide bonds. The molecule has 112 valence electrons. The van der Waals surface area contributed by atoms with Crippen molar-refractivity contribution in [3.8, 4) is 0 Å². The predicted molar refractivity (Wildman–Crippen MR) is 71.2 cm³/mol. The minimum atomic E-state index is -4.37. The largest absolute Gasteiger partial charge is 0.416 e. The first-order valence-corrected chi connectivity index (χ1v) is 6.90. The molecule has 20 heavy (non-hydrogen) atoms. The Balaban J connectivity index is 1.95. The lowest BCUT2D eigenvalue weighted by Crippen LogP contribution is -2.32. The summed E-state index contributed by atoms with van der Waals surface area (Å²) in [5.41, 5.74) is -0.393. The zero-order valence-corrected chi connectivity index (χ0v) is 11.5. The third-order valence-electron chi connectivity index (χ3n) is 3.88. The summed E-state index contributed by atoms with van der Waals surface area (Å²) in [7, 11) is 1.90. The Labute approximate surface area is 117 Å². The number of nitrogens with zero attached hydrogens (tertiary/aromatic N) is 1. The first-order chi connectivity index (χ1) is 9.36. The maximum Gasteiger partial charge on any atom is 0.416 e. The topological polar surface area (TPSA) is 23.5 Å². The van der Waals surface area contributed by atoms with E-state index in [1.165, 1.54) is 31.4 Å². The Morgan fingerprint density at radius 3 is 2.60 bits per heavy atom. The van der Waals surface area contributed by atoms with Crippen LogP contribution in [0.2, 0.25) is 0 Å². The lowest BCUT2D eigenvalue weighted by Gasteiger charge is -2.31. The van der Waals surface area contributed by atoms with Crippen molar-refractivity contribution in [2.24, 2.45) is 5.92 Å². The van der Waals surface area contributed by atoms with Gasteiger partial charge in [0, 0.05) is 13.1 Å². The molecule has 0 aromatic heterocycles. The van der Waals surface area contributed by atoms with E-state index in [0.717, 1.165) is 18.7 Å². The van der Waals surface area contributed by atoms with E-state index < -0.39 is 17.8 Å². The average molecular weight is 287 g/mol. The Bertz CT molecular complexity index is 443. The first kappa shape index (κ1) is 15.3. The van der Waals surface area contributed by atoms with Crippen LogP contribution < -0.4 is 0 Å². The molecular weight excluding hydrogens is 267 g/mol. The van der Waals surface area contributed by atoms with Gasteiger partial charge in [0.1, 0.15) is 0 Å². The first-order valence-electron chi connectivity index (χ1n) is 6.90. The van der Waals surface area contributed by atoms with Crippen molar-refractivity contribution in [3.05, 3.63) is 35.4 Å². The number of hydrogen-bond donors (Lipinski definition) is 1. The van der Waals surface area contributed by atoms with Crippen molar-refractivity contribution in [1.82, 2.24) is 4.90 Å². The van der Waals surface area contributed by atoms with Crippen LogP contribution in [0.5, 0.6) is 0 Å². The fraction of sp³-hybridized carbons (Fsp3) is 0.600. The Hall–Kier alpha value is -1.07. The highest BCUT2D eigenvalue weighted by molar-refractivity contribution is 5.27. The molecule has 0 spiro atoms. The van der Waals surface area contributed by atoms with Gasteiger partial charge in [-0.05, 0) is 43.5 Å². The molecule has 1 aliphatic carbocycles. The van der Waals surface area contributed by atoms with Crippen LogP contribution in [0.1, 0.15) is 36.5 Å². The standard InChI is InChI=1S/C15H20F3NO/c1-19(9-11-4-2-5-11)10-14(20)12-6-3-7-13(8-12)15(16,17)18/h3,6-8,11,14,20H,2,4-5,9-10H2,1H3. The number of aliphatic hydroxyl groups excluding tert-OH is 1. The average Bonchev–Trinajstić information content (AvgIpc) is 2.33. The van der Waals surface area contributed by atoms with Crippen LogP contribution in [0.15, 0.2) is 24.3 Å². The molecule has 1 saturated carbocycles. The number of likely N-dealkylation sites (N-methyl/N-ethyl adjacent to an activating group) is 1. The molecule has 0 aliphatic heterocycles. The van der Waals surface area contributed by atoms with Gasteiger partial charge in [-0.25, -0.2) is 0 Å². The monoisotopic (exact) mass is 287 g/mol. The Kier molecular flexibility index (Phi) is 4.70. The van der Waals surface area contributed by atoms with Crippen molar-refractivity contribution in [1.29, 1.82) is 0 Å². The van der Waals surface area contributed by atoms with Gasteiger partial charge in [-0.15, -0.1) is 0 Å². The molecule has 1 N–H and O–H groups in total. The summed E-state index contributed by atoms with van der Waals surface area (Å²) in [5.74, 6) is 0.675. The third-order valence-corrected chi connectivity index (χ3v) is 3.88. The number of benzene rings is 1. The smallest absolute Gasteiger partial charge is 0.387 e. The molecule has 2 nitrogen and oxygen atoms in total. The fourth-order valence-corrected chi connectivity index (χ4v) is 2.51. The molecule has 0 radical (unpaired) electrons. The van der Waals surface area contributed by atoms with Crippen LogP contribution in [0.25, 0.3) is 0 Å². The number of rotatable bonds is 5. The predicted octanol–water partition coefficient (Wildman–Crippen LogP) is 3.47. The molecule has 1 unspecified atom stereocenters. The molecule has 0 bridgehead atoms. The van der Waals surface area contributed by atoms with E-state index in [0.29, 0.717) is 18.0 Å². The van der Waals surface area contributed by atoms with E-state index in [1.54, 1.807) is 0 Å². The summed E-state index contributed by atoms with van der Waals surface area (Å²) >= 11 is 0. The maximum absolute atomic E-state index is 12.6. The van der Waals surface area contributed by atoms with Crippen LogP contribution in [-0.2, 0) is 6.18 Å². The molecule has 0 heterocycles. The SMILES string of the molecule is CN(CC1CCC1)CC(O)c1cccc(C(F)(F)F)c1. The van der Waals surface area contributed by atoms with Crippen molar-refractivity contribution in [2.75, 3.05) is 20.1 Å². The van der Waals surface area contributed by atoms with Crippen LogP contribution in [0, 0.1) is 5.92 Å². The van der Waals surface area contributed by atoms with Gasteiger partial charge < -0.3 is 10.0 Å². The van der Waals surface area contributed by atoms with Gasteiger partial charge in [0.25, 0.3) is 0 Å². The number of hydrogen-bond acceptors (Lipinski definition) is 2. The lowest BCUT2D eigenvalue weighted by molar-refractivity contribution is -0.137. The van der Waals surface area contributed by atoms with Gasteiger partial charge in [-0.3, -0.25) is 0 Å². The maximum atomic E-state index is 12.6. The molecular formula is C15H20F3NO. The molecule has 1 aromatic carbocycles. The van der Waals surface area contributed by atoms with Crippen molar-refractivity contribution in [2.45, 2.75) is 31.5 Å². The number of aliphatic hydroxyl groups is 1. The van der Waals surface area contributed by atoms with Crippen LogP contribution in [0.3, 0.4) is 0 Å². The molecule has 0 saturated heterocycles.